The number of hydrogen-bond acceptors (Lipinski definition) is 2. The number of carboxylic acid groups (broad SMARTS) is 1. The number of nitrogens with two attached hydrogens (primary N) is 1. The molecule has 1 aromatic carbocycles. The minimum Gasteiger partial charge on any atom is -0.481 e. The molecule has 0 unspecified atom stereocenters. The molecule has 0 saturated carbocycles. The van der Waals surface area contributed by atoms with Crippen molar-refractivity contribution in [1.82, 2.24) is 0 Å². The molecule has 3 N–H and O–H groups in total. The Morgan fingerprint density at radius 3 is 2.62 bits per heavy atom. The topological polar surface area (TPSA) is 63.3 Å². The van der Waals surface area contributed by atoms with Crippen LogP contribution in [0.2, 0.25) is 0 Å². The standard InChI is InChI=1S/C9H10FNO2/c10-9-6(4-8(12)13)2-1-3-7(9)5-11/h1-3H,4-5,11H2,(H,12,13). The van der Waals surface area contributed by atoms with E-state index in [0.29, 0.717) is 5.56 Å². The Labute approximate surface area is 75.0 Å². The fraction of sp³-hybridized carbons (Fsp3) is 0.222. The molecule has 0 saturated heterocycles. The first-order chi connectivity index (χ1) is 6.15. The molecular formula is C9H10FNO2. The van der Waals surface area contributed by atoms with E-state index in [4.69, 9.17) is 10.8 Å². The predicted octanol–water partition coefficient (Wildman–Crippen LogP) is 0.912. The molecule has 0 heterocycles. The zero-order valence-corrected chi connectivity index (χ0v) is 6.96. The van der Waals surface area contributed by atoms with E-state index in [1.165, 1.54) is 6.07 Å². The Morgan fingerprint density at radius 1 is 1.46 bits per heavy atom. The highest BCUT2D eigenvalue weighted by Gasteiger charge is 2.09. The largest absolute Gasteiger partial charge is 0.481 e. The number of hydrogen-bond donors (Lipinski definition) is 2. The maximum atomic E-state index is 13.3. The van der Waals surface area contributed by atoms with Crippen LogP contribution in [0.1, 0.15) is 11.1 Å². The van der Waals surface area contributed by atoms with Crippen LogP contribution in [0.3, 0.4) is 0 Å². The van der Waals surface area contributed by atoms with Crippen LogP contribution < -0.4 is 5.73 Å². The smallest absolute Gasteiger partial charge is 0.307 e. The zero-order chi connectivity index (χ0) is 9.84. The van der Waals surface area contributed by atoms with Gasteiger partial charge < -0.3 is 10.8 Å². The highest BCUT2D eigenvalue weighted by molar-refractivity contribution is 5.70. The van der Waals surface area contributed by atoms with E-state index in [1.807, 2.05) is 0 Å². The van der Waals surface area contributed by atoms with Gasteiger partial charge in [0.05, 0.1) is 6.42 Å². The Balaban J connectivity index is 3.01. The van der Waals surface area contributed by atoms with E-state index in [-0.39, 0.29) is 18.5 Å². The van der Waals surface area contributed by atoms with Crippen molar-refractivity contribution in [3.05, 3.63) is 35.1 Å². The van der Waals surface area contributed by atoms with Crippen molar-refractivity contribution in [3.8, 4) is 0 Å². The molecule has 0 radical (unpaired) electrons. The van der Waals surface area contributed by atoms with Gasteiger partial charge in [-0.15, -0.1) is 0 Å². The monoisotopic (exact) mass is 183 g/mol. The van der Waals surface area contributed by atoms with E-state index in [1.54, 1.807) is 12.1 Å². The summed E-state index contributed by atoms with van der Waals surface area (Å²) in [6, 6.07) is 4.59. The Morgan fingerprint density at radius 2 is 2.08 bits per heavy atom. The van der Waals surface area contributed by atoms with E-state index >= 15 is 0 Å². The molecule has 70 valence electrons. The summed E-state index contributed by atoms with van der Waals surface area (Å²) in [4.78, 5) is 10.3. The fourth-order valence-electron chi connectivity index (χ4n) is 1.09. The summed E-state index contributed by atoms with van der Waals surface area (Å²) in [5.41, 5.74) is 5.79. The van der Waals surface area contributed by atoms with Gasteiger partial charge in [0.1, 0.15) is 5.82 Å². The lowest BCUT2D eigenvalue weighted by Gasteiger charge is -2.03. The quantitative estimate of drug-likeness (QED) is 0.732. The summed E-state index contributed by atoms with van der Waals surface area (Å²) in [6.07, 6.45) is -0.306. The molecule has 3 nitrogen and oxygen atoms in total. The third kappa shape index (κ3) is 2.26. The van der Waals surface area contributed by atoms with Crippen LogP contribution in [0.15, 0.2) is 18.2 Å². The van der Waals surface area contributed by atoms with Crippen LogP contribution in [0.25, 0.3) is 0 Å². The van der Waals surface area contributed by atoms with Crippen molar-refractivity contribution in [3.63, 3.8) is 0 Å². The molecule has 0 aromatic heterocycles. The van der Waals surface area contributed by atoms with Crippen molar-refractivity contribution >= 4 is 5.97 Å². The number of aliphatic carboxylic acids is 1. The molecule has 0 fully saturated rings. The summed E-state index contributed by atoms with van der Waals surface area (Å²) in [5.74, 6) is -1.56. The van der Waals surface area contributed by atoms with Crippen molar-refractivity contribution in [2.45, 2.75) is 13.0 Å². The molecular weight excluding hydrogens is 173 g/mol. The second kappa shape index (κ2) is 4.00. The maximum absolute atomic E-state index is 13.3. The van der Waals surface area contributed by atoms with E-state index in [9.17, 15) is 9.18 Å². The minimum absolute atomic E-state index is 0.0826. The van der Waals surface area contributed by atoms with E-state index < -0.39 is 11.8 Å². The number of carboxylic acids is 1. The highest BCUT2D eigenvalue weighted by atomic mass is 19.1. The summed E-state index contributed by atoms with van der Waals surface area (Å²) in [7, 11) is 0. The number of benzene rings is 1. The number of carbonyl (C=O) groups is 1. The summed E-state index contributed by atoms with van der Waals surface area (Å²) in [6.45, 7) is 0.0826. The molecule has 0 atom stereocenters. The van der Waals surface area contributed by atoms with Crippen molar-refractivity contribution in [2.24, 2.45) is 5.73 Å². The van der Waals surface area contributed by atoms with Gasteiger partial charge >= 0.3 is 5.97 Å². The van der Waals surface area contributed by atoms with Gasteiger partial charge in [0.15, 0.2) is 0 Å². The van der Waals surface area contributed by atoms with Gasteiger partial charge in [-0.3, -0.25) is 4.79 Å². The first-order valence-electron chi connectivity index (χ1n) is 3.83. The minimum atomic E-state index is -1.05. The molecule has 13 heavy (non-hydrogen) atoms. The first-order valence-corrected chi connectivity index (χ1v) is 3.83. The van der Waals surface area contributed by atoms with E-state index in [0.717, 1.165) is 0 Å². The Kier molecular flexibility index (Phi) is 2.97. The summed E-state index contributed by atoms with van der Waals surface area (Å²) >= 11 is 0. The van der Waals surface area contributed by atoms with Crippen LogP contribution in [-0.2, 0) is 17.8 Å². The van der Waals surface area contributed by atoms with Gasteiger partial charge in [-0.05, 0) is 5.56 Å². The van der Waals surface area contributed by atoms with Crippen molar-refractivity contribution in [2.75, 3.05) is 0 Å². The van der Waals surface area contributed by atoms with Gasteiger partial charge in [-0.25, -0.2) is 4.39 Å². The first kappa shape index (κ1) is 9.67. The Bertz CT molecular complexity index is 325. The van der Waals surface area contributed by atoms with Crippen LogP contribution in [0.4, 0.5) is 4.39 Å². The number of halogens is 1. The molecule has 4 heteroatoms. The zero-order valence-electron chi connectivity index (χ0n) is 6.96. The van der Waals surface area contributed by atoms with Crippen LogP contribution >= 0.6 is 0 Å². The van der Waals surface area contributed by atoms with Gasteiger partial charge in [0.2, 0.25) is 0 Å². The molecule has 0 spiro atoms. The second-order valence-electron chi connectivity index (χ2n) is 2.66. The molecule has 1 aromatic rings. The number of rotatable bonds is 3. The lowest BCUT2D eigenvalue weighted by atomic mass is 10.1. The van der Waals surface area contributed by atoms with E-state index in [2.05, 4.69) is 0 Å². The molecule has 0 aliphatic rings. The molecule has 0 aliphatic carbocycles. The average Bonchev–Trinajstić information content (AvgIpc) is 2.08. The molecule has 0 bridgehead atoms. The van der Waals surface area contributed by atoms with Gasteiger partial charge in [-0.1, -0.05) is 18.2 Å². The highest BCUT2D eigenvalue weighted by Crippen LogP contribution is 2.12. The third-order valence-corrected chi connectivity index (χ3v) is 1.72. The van der Waals surface area contributed by atoms with Crippen LogP contribution in [0, 0.1) is 5.82 Å². The summed E-state index contributed by atoms with van der Waals surface area (Å²) < 4.78 is 13.3. The lowest BCUT2D eigenvalue weighted by Crippen LogP contribution is -2.06. The predicted molar refractivity (Wildman–Crippen MR) is 45.6 cm³/mol. The lowest BCUT2D eigenvalue weighted by molar-refractivity contribution is -0.136. The van der Waals surface area contributed by atoms with Gasteiger partial charge in [-0.2, -0.15) is 0 Å². The molecule has 0 aliphatic heterocycles. The van der Waals surface area contributed by atoms with Crippen molar-refractivity contribution < 1.29 is 14.3 Å². The van der Waals surface area contributed by atoms with Crippen molar-refractivity contribution in [1.29, 1.82) is 0 Å². The second-order valence-corrected chi connectivity index (χ2v) is 2.66. The van der Waals surface area contributed by atoms with Crippen LogP contribution in [0.5, 0.6) is 0 Å². The van der Waals surface area contributed by atoms with Crippen LogP contribution in [-0.4, -0.2) is 11.1 Å². The fourth-order valence-corrected chi connectivity index (χ4v) is 1.09. The normalized spacial score (nSPS) is 10.0. The third-order valence-electron chi connectivity index (χ3n) is 1.72. The Hall–Kier alpha value is -1.42. The van der Waals surface area contributed by atoms with Gasteiger partial charge in [0.25, 0.3) is 0 Å². The molecule has 1 rings (SSSR count). The maximum Gasteiger partial charge on any atom is 0.307 e. The van der Waals surface area contributed by atoms with Gasteiger partial charge in [0, 0.05) is 12.1 Å². The average molecular weight is 183 g/mol. The molecule has 0 amide bonds. The summed E-state index contributed by atoms with van der Waals surface area (Å²) in [5, 5.41) is 8.46. The SMILES string of the molecule is NCc1cccc(CC(=O)O)c1F.